The predicted molar refractivity (Wildman–Crippen MR) is 81.6 cm³/mol. The van der Waals surface area contributed by atoms with E-state index in [9.17, 15) is 9.59 Å². The molecule has 2 N–H and O–H groups in total. The molecule has 21 heavy (non-hydrogen) atoms. The molecular weight excluding hydrogens is 319 g/mol. The molecule has 1 rings (SSSR count). The lowest BCUT2D eigenvalue weighted by Crippen LogP contribution is -2.37. The molecule has 0 bridgehead atoms. The molecule has 0 fully saturated rings. The second-order valence-electron chi connectivity index (χ2n) is 4.12. The smallest absolute Gasteiger partial charge is 0.335 e. The minimum atomic E-state index is -1.15. The molecule has 0 heterocycles. The van der Waals surface area contributed by atoms with E-state index in [4.69, 9.17) is 33.0 Å². The highest BCUT2D eigenvalue weighted by atomic mass is 35.5. The fraction of sp³-hybridized carbons (Fsp3) is 0.385. The van der Waals surface area contributed by atoms with Crippen LogP contribution in [0.25, 0.3) is 0 Å². The van der Waals surface area contributed by atoms with Crippen molar-refractivity contribution in [3.05, 3.63) is 27.7 Å². The third kappa shape index (κ3) is 4.77. The summed E-state index contributed by atoms with van der Waals surface area (Å²) >= 11 is 11.9. The average molecular weight is 335 g/mol. The Hall–Kier alpha value is -1.50. The maximum absolute atomic E-state index is 12.1. The fourth-order valence-electron chi connectivity index (χ4n) is 1.61. The Bertz CT molecular complexity index is 514. The van der Waals surface area contributed by atoms with Crippen molar-refractivity contribution in [2.45, 2.75) is 6.92 Å². The van der Waals surface area contributed by atoms with Crippen LogP contribution in [-0.2, 0) is 4.74 Å². The van der Waals surface area contributed by atoms with E-state index in [1.54, 1.807) is 7.11 Å². The van der Waals surface area contributed by atoms with Crippen LogP contribution in [0.15, 0.2) is 12.1 Å². The minimum absolute atomic E-state index is 0.0465. The Labute approximate surface area is 132 Å². The number of hydrogen-bond acceptors (Lipinski definition) is 3. The first kappa shape index (κ1) is 17.6. The molecule has 2 amide bonds. The van der Waals surface area contributed by atoms with E-state index < -0.39 is 5.97 Å². The monoisotopic (exact) mass is 334 g/mol. The predicted octanol–water partition coefficient (Wildman–Crippen LogP) is 3.19. The molecule has 0 unspecified atom stereocenters. The molecule has 0 aromatic heterocycles. The van der Waals surface area contributed by atoms with Gasteiger partial charge >= 0.3 is 12.0 Å². The number of rotatable bonds is 6. The third-order valence-electron chi connectivity index (χ3n) is 2.76. The van der Waals surface area contributed by atoms with Crippen molar-refractivity contribution < 1.29 is 19.4 Å². The summed E-state index contributed by atoms with van der Waals surface area (Å²) in [6.45, 7) is 3.13. The summed E-state index contributed by atoms with van der Waals surface area (Å²) in [7, 11) is 1.55. The summed E-state index contributed by atoms with van der Waals surface area (Å²) in [6, 6.07) is 2.08. The number of likely N-dealkylation sites (N-methyl/N-ethyl adjacent to an activating group) is 1. The first-order valence-corrected chi connectivity index (χ1v) is 6.93. The summed E-state index contributed by atoms with van der Waals surface area (Å²) in [5.41, 5.74) is 0.138. The van der Waals surface area contributed by atoms with E-state index in [2.05, 4.69) is 5.32 Å². The number of carboxylic acid groups (broad SMARTS) is 1. The molecule has 6 nitrogen and oxygen atoms in total. The van der Waals surface area contributed by atoms with E-state index in [0.29, 0.717) is 19.7 Å². The number of halogens is 2. The standard InChI is InChI=1S/C13H16Cl2N2O4/c1-3-17(4-5-21-2)13(20)16-11-9(14)6-8(12(18)19)7-10(11)15/h6-7H,3-5H2,1-2H3,(H,16,20)(H,18,19). The molecule has 0 radical (unpaired) electrons. The van der Waals surface area contributed by atoms with Crippen LogP contribution in [0.5, 0.6) is 0 Å². The number of amides is 2. The van der Waals surface area contributed by atoms with Crippen molar-refractivity contribution in [1.29, 1.82) is 0 Å². The van der Waals surface area contributed by atoms with Crippen LogP contribution >= 0.6 is 23.2 Å². The minimum Gasteiger partial charge on any atom is -0.478 e. The van der Waals surface area contributed by atoms with Gasteiger partial charge in [-0.2, -0.15) is 0 Å². The number of urea groups is 1. The molecule has 0 atom stereocenters. The van der Waals surface area contributed by atoms with Crippen LogP contribution in [0.4, 0.5) is 10.5 Å². The molecular formula is C13H16Cl2N2O4. The van der Waals surface area contributed by atoms with Gasteiger partial charge in [-0.3, -0.25) is 0 Å². The maximum Gasteiger partial charge on any atom is 0.335 e. The Morgan fingerprint density at radius 2 is 1.90 bits per heavy atom. The van der Waals surface area contributed by atoms with E-state index in [-0.39, 0.29) is 27.3 Å². The van der Waals surface area contributed by atoms with Gasteiger partial charge in [0.25, 0.3) is 0 Å². The highest BCUT2D eigenvalue weighted by molar-refractivity contribution is 6.40. The van der Waals surface area contributed by atoms with Crippen molar-refractivity contribution in [2.75, 3.05) is 32.1 Å². The molecule has 0 aliphatic rings. The number of anilines is 1. The lowest BCUT2D eigenvalue weighted by Gasteiger charge is -2.21. The van der Waals surface area contributed by atoms with Crippen LogP contribution < -0.4 is 5.32 Å². The van der Waals surface area contributed by atoms with Crippen molar-refractivity contribution in [2.24, 2.45) is 0 Å². The number of nitrogens with zero attached hydrogens (tertiary/aromatic N) is 1. The molecule has 0 aliphatic heterocycles. The number of ether oxygens (including phenoxy) is 1. The number of carboxylic acids is 1. The van der Waals surface area contributed by atoms with Gasteiger partial charge in [-0.15, -0.1) is 0 Å². The zero-order valence-corrected chi connectivity index (χ0v) is 13.2. The summed E-state index contributed by atoms with van der Waals surface area (Å²) in [5, 5.41) is 11.6. The first-order valence-electron chi connectivity index (χ1n) is 6.17. The van der Waals surface area contributed by atoms with Crippen molar-refractivity contribution in [3.8, 4) is 0 Å². The topological polar surface area (TPSA) is 78.9 Å². The van der Waals surface area contributed by atoms with Crippen LogP contribution in [0.2, 0.25) is 10.0 Å². The zero-order valence-electron chi connectivity index (χ0n) is 11.7. The number of hydrogen-bond donors (Lipinski definition) is 2. The zero-order chi connectivity index (χ0) is 16.0. The Morgan fingerprint density at radius 1 is 1.33 bits per heavy atom. The van der Waals surface area contributed by atoms with Crippen LogP contribution in [0, 0.1) is 0 Å². The normalized spacial score (nSPS) is 10.3. The molecule has 8 heteroatoms. The van der Waals surface area contributed by atoms with Gasteiger partial charge in [-0.25, -0.2) is 9.59 Å². The van der Waals surface area contributed by atoms with E-state index in [0.717, 1.165) is 0 Å². The number of aromatic carboxylic acids is 1. The largest absolute Gasteiger partial charge is 0.478 e. The Kier molecular flexibility index (Phi) is 6.74. The van der Waals surface area contributed by atoms with Crippen molar-refractivity contribution in [1.82, 2.24) is 4.90 Å². The Morgan fingerprint density at radius 3 is 2.33 bits per heavy atom. The molecule has 1 aromatic carbocycles. The van der Waals surface area contributed by atoms with Gasteiger partial charge in [-0.1, -0.05) is 23.2 Å². The van der Waals surface area contributed by atoms with Crippen LogP contribution in [0.3, 0.4) is 0 Å². The first-order chi connectivity index (χ1) is 9.90. The second kappa shape index (κ2) is 8.07. The number of methoxy groups -OCH3 is 1. The van der Waals surface area contributed by atoms with E-state index in [1.165, 1.54) is 17.0 Å². The molecule has 0 aliphatic carbocycles. The Balaban J connectivity index is 2.92. The maximum atomic E-state index is 12.1. The van der Waals surface area contributed by atoms with Gasteiger partial charge in [0, 0.05) is 20.2 Å². The highest BCUT2D eigenvalue weighted by Gasteiger charge is 2.17. The average Bonchev–Trinajstić information content (AvgIpc) is 2.43. The number of nitrogens with one attached hydrogen (secondary N) is 1. The molecule has 0 saturated heterocycles. The quantitative estimate of drug-likeness (QED) is 0.837. The van der Waals surface area contributed by atoms with Gasteiger partial charge in [0.1, 0.15) is 0 Å². The second-order valence-corrected chi connectivity index (χ2v) is 4.94. The molecule has 1 aromatic rings. The molecule has 0 saturated carbocycles. The van der Waals surface area contributed by atoms with Gasteiger partial charge in [-0.05, 0) is 19.1 Å². The lowest BCUT2D eigenvalue weighted by atomic mass is 10.2. The number of carbonyl (C=O) groups excluding carboxylic acids is 1. The van der Waals surface area contributed by atoms with Crippen LogP contribution in [0.1, 0.15) is 17.3 Å². The lowest BCUT2D eigenvalue weighted by molar-refractivity contribution is 0.0697. The van der Waals surface area contributed by atoms with Gasteiger partial charge in [0.05, 0.1) is 27.9 Å². The number of benzene rings is 1. The SMILES string of the molecule is CCN(CCOC)C(=O)Nc1c(Cl)cc(C(=O)O)cc1Cl. The van der Waals surface area contributed by atoms with E-state index in [1.807, 2.05) is 6.92 Å². The van der Waals surface area contributed by atoms with Crippen molar-refractivity contribution >= 4 is 40.9 Å². The van der Waals surface area contributed by atoms with Gasteiger partial charge < -0.3 is 20.1 Å². The van der Waals surface area contributed by atoms with Gasteiger partial charge in [0.15, 0.2) is 0 Å². The highest BCUT2D eigenvalue weighted by Crippen LogP contribution is 2.32. The third-order valence-corrected chi connectivity index (χ3v) is 3.35. The number of carbonyl (C=O) groups is 2. The van der Waals surface area contributed by atoms with Crippen LogP contribution in [-0.4, -0.2) is 48.8 Å². The molecule has 116 valence electrons. The van der Waals surface area contributed by atoms with E-state index >= 15 is 0 Å². The summed E-state index contributed by atoms with van der Waals surface area (Å²) in [6.07, 6.45) is 0. The molecule has 0 spiro atoms. The summed E-state index contributed by atoms with van der Waals surface area (Å²) in [4.78, 5) is 24.5. The van der Waals surface area contributed by atoms with Gasteiger partial charge in [0.2, 0.25) is 0 Å². The summed E-state index contributed by atoms with van der Waals surface area (Å²) in [5.74, 6) is -1.15. The summed E-state index contributed by atoms with van der Waals surface area (Å²) < 4.78 is 4.93. The van der Waals surface area contributed by atoms with Crippen molar-refractivity contribution in [3.63, 3.8) is 0 Å². The fourth-order valence-corrected chi connectivity index (χ4v) is 2.19.